The molecular weight excluding hydrogens is 318 g/mol. The molecule has 7 nitrogen and oxygen atoms in total. The lowest BCUT2D eigenvalue weighted by molar-refractivity contribution is 0.0463. The summed E-state index contributed by atoms with van der Waals surface area (Å²) >= 11 is 0. The molecule has 7 heteroatoms. The van der Waals surface area contributed by atoms with Crippen LogP contribution in [0.25, 0.3) is 5.69 Å². The van der Waals surface area contributed by atoms with Crippen LogP contribution in [0.4, 0.5) is 0 Å². The predicted molar refractivity (Wildman–Crippen MR) is 90.1 cm³/mol. The third kappa shape index (κ3) is 3.02. The predicted octanol–water partition coefficient (Wildman–Crippen LogP) is 2.45. The molecule has 0 fully saturated rings. The number of ether oxygens (including phenoxy) is 1. The largest absolute Gasteiger partial charge is 0.455 e. The van der Waals surface area contributed by atoms with Gasteiger partial charge in [0.25, 0.3) is 0 Å². The van der Waals surface area contributed by atoms with Gasteiger partial charge in [-0.15, -0.1) is 0 Å². The van der Waals surface area contributed by atoms with Crippen molar-refractivity contribution < 1.29 is 9.53 Å². The van der Waals surface area contributed by atoms with Crippen LogP contribution in [0.1, 0.15) is 33.0 Å². The monoisotopic (exact) mass is 335 g/mol. The fourth-order valence-electron chi connectivity index (χ4n) is 2.55. The third-order valence-electron chi connectivity index (χ3n) is 4.06. The van der Waals surface area contributed by atoms with Gasteiger partial charge in [-0.25, -0.2) is 9.48 Å². The van der Waals surface area contributed by atoms with E-state index in [9.17, 15) is 10.1 Å². The maximum atomic E-state index is 12.3. The molecule has 2 aromatic heterocycles. The maximum absolute atomic E-state index is 12.3. The second kappa shape index (κ2) is 6.61. The fraction of sp³-hybridized carbons (Fsp3) is 0.222. The molecule has 0 saturated carbocycles. The van der Waals surface area contributed by atoms with Gasteiger partial charge in [0.1, 0.15) is 23.8 Å². The number of nitrogens with zero attached hydrogens (tertiary/aromatic N) is 5. The molecule has 126 valence electrons. The topological polar surface area (TPSA) is 85.7 Å². The van der Waals surface area contributed by atoms with Crippen molar-refractivity contribution in [1.29, 1.82) is 5.26 Å². The number of benzene rings is 1. The van der Waals surface area contributed by atoms with E-state index < -0.39 is 5.97 Å². The third-order valence-corrected chi connectivity index (χ3v) is 4.06. The number of nitriles is 1. The first-order valence-electron chi connectivity index (χ1n) is 7.72. The zero-order valence-corrected chi connectivity index (χ0v) is 14.2. The summed E-state index contributed by atoms with van der Waals surface area (Å²) in [6.45, 7) is 3.50. The van der Waals surface area contributed by atoms with Crippen molar-refractivity contribution in [1.82, 2.24) is 19.6 Å². The standard InChI is InChI=1S/C18H17N5O2/c1-12-15(9-19)17(23(21-12)14-7-5-4-6-8-14)11-25-18(24)16-10-20-22(3)13(16)2/h4-8,10H,11H2,1-3H3. The van der Waals surface area contributed by atoms with Gasteiger partial charge in [-0.3, -0.25) is 4.68 Å². The Labute approximate surface area is 145 Å². The van der Waals surface area contributed by atoms with E-state index in [-0.39, 0.29) is 6.61 Å². The number of aryl methyl sites for hydroxylation is 2. The minimum absolute atomic E-state index is 0.0498. The Balaban J connectivity index is 1.91. The van der Waals surface area contributed by atoms with Crippen molar-refractivity contribution in [3.8, 4) is 11.8 Å². The molecule has 0 unspecified atom stereocenters. The molecule has 3 rings (SSSR count). The molecule has 1 aromatic carbocycles. The molecule has 0 spiro atoms. The van der Waals surface area contributed by atoms with Gasteiger partial charge in [0, 0.05) is 12.7 Å². The van der Waals surface area contributed by atoms with E-state index in [1.54, 1.807) is 30.3 Å². The summed E-state index contributed by atoms with van der Waals surface area (Å²) in [5, 5.41) is 17.9. The minimum Gasteiger partial charge on any atom is -0.455 e. The lowest BCUT2D eigenvalue weighted by Gasteiger charge is -2.09. The highest BCUT2D eigenvalue weighted by atomic mass is 16.5. The average molecular weight is 335 g/mol. The van der Waals surface area contributed by atoms with Crippen LogP contribution < -0.4 is 0 Å². The quantitative estimate of drug-likeness (QED) is 0.684. The van der Waals surface area contributed by atoms with Crippen molar-refractivity contribution in [2.24, 2.45) is 7.05 Å². The Morgan fingerprint density at radius 3 is 2.60 bits per heavy atom. The number of esters is 1. The zero-order chi connectivity index (χ0) is 18.0. The van der Waals surface area contributed by atoms with Crippen LogP contribution in [0.3, 0.4) is 0 Å². The molecule has 0 aliphatic heterocycles. The van der Waals surface area contributed by atoms with Gasteiger partial charge < -0.3 is 4.74 Å². The number of aromatic nitrogens is 4. The Morgan fingerprint density at radius 1 is 1.28 bits per heavy atom. The molecule has 2 heterocycles. The number of rotatable bonds is 4. The number of carbonyl (C=O) groups excluding carboxylic acids is 1. The van der Waals surface area contributed by atoms with E-state index in [0.717, 1.165) is 11.4 Å². The van der Waals surface area contributed by atoms with Crippen LogP contribution in [-0.4, -0.2) is 25.5 Å². The number of para-hydroxylation sites is 1. The Kier molecular flexibility index (Phi) is 4.35. The highest BCUT2D eigenvalue weighted by Gasteiger charge is 2.20. The van der Waals surface area contributed by atoms with Crippen LogP contribution in [0.5, 0.6) is 0 Å². The summed E-state index contributed by atoms with van der Waals surface area (Å²) in [4.78, 5) is 12.3. The van der Waals surface area contributed by atoms with Crippen LogP contribution in [0, 0.1) is 25.2 Å². The zero-order valence-electron chi connectivity index (χ0n) is 14.2. The van der Waals surface area contributed by atoms with Crippen molar-refractivity contribution in [3.63, 3.8) is 0 Å². The van der Waals surface area contributed by atoms with Crippen LogP contribution in [0.15, 0.2) is 36.5 Å². The van der Waals surface area contributed by atoms with Gasteiger partial charge >= 0.3 is 5.97 Å². The molecule has 3 aromatic rings. The Hall–Kier alpha value is -3.40. The van der Waals surface area contributed by atoms with Crippen LogP contribution >= 0.6 is 0 Å². The second-order valence-corrected chi connectivity index (χ2v) is 5.61. The molecule has 0 atom stereocenters. The number of hydrogen-bond acceptors (Lipinski definition) is 5. The maximum Gasteiger partial charge on any atom is 0.342 e. The fourth-order valence-corrected chi connectivity index (χ4v) is 2.55. The van der Waals surface area contributed by atoms with E-state index in [2.05, 4.69) is 16.3 Å². The Morgan fingerprint density at radius 2 is 2.00 bits per heavy atom. The Bertz CT molecular complexity index is 964. The van der Waals surface area contributed by atoms with Gasteiger partial charge in [0.05, 0.1) is 23.3 Å². The molecular formula is C18H17N5O2. The first-order valence-corrected chi connectivity index (χ1v) is 7.72. The normalized spacial score (nSPS) is 10.5. The van der Waals surface area contributed by atoms with Gasteiger partial charge in [0.15, 0.2) is 0 Å². The summed E-state index contributed by atoms with van der Waals surface area (Å²) in [7, 11) is 1.76. The number of carbonyl (C=O) groups is 1. The van der Waals surface area contributed by atoms with Gasteiger partial charge in [0.2, 0.25) is 0 Å². The first kappa shape index (κ1) is 16.5. The van der Waals surface area contributed by atoms with E-state index in [4.69, 9.17) is 4.74 Å². The van der Waals surface area contributed by atoms with E-state index >= 15 is 0 Å². The molecule has 0 aliphatic carbocycles. The first-order chi connectivity index (χ1) is 12.0. The SMILES string of the molecule is Cc1nn(-c2ccccc2)c(COC(=O)c2cnn(C)c2C)c1C#N. The van der Waals surface area contributed by atoms with Gasteiger partial charge in [-0.05, 0) is 26.0 Å². The second-order valence-electron chi connectivity index (χ2n) is 5.61. The van der Waals surface area contributed by atoms with Gasteiger partial charge in [-0.1, -0.05) is 18.2 Å². The van der Waals surface area contributed by atoms with E-state index in [1.165, 1.54) is 6.20 Å². The lowest BCUT2D eigenvalue weighted by atomic mass is 10.2. The van der Waals surface area contributed by atoms with Crippen LogP contribution in [0.2, 0.25) is 0 Å². The van der Waals surface area contributed by atoms with E-state index in [0.29, 0.717) is 22.5 Å². The highest BCUT2D eigenvalue weighted by Crippen LogP contribution is 2.19. The summed E-state index contributed by atoms with van der Waals surface area (Å²) in [5.41, 5.74) is 3.48. The summed E-state index contributed by atoms with van der Waals surface area (Å²) in [5.74, 6) is -0.479. The average Bonchev–Trinajstić information content (AvgIpc) is 3.13. The van der Waals surface area contributed by atoms with Crippen molar-refractivity contribution in [3.05, 3.63) is 64.7 Å². The minimum atomic E-state index is -0.479. The van der Waals surface area contributed by atoms with Crippen molar-refractivity contribution in [2.45, 2.75) is 20.5 Å². The summed E-state index contributed by atoms with van der Waals surface area (Å²) in [6.07, 6.45) is 1.47. The summed E-state index contributed by atoms with van der Waals surface area (Å²) < 4.78 is 8.67. The smallest absolute Gasteiger partial charge is 0.342 e. The van der Waals surface area contributed by atoms with E-state index in [1.807, 2.05) is 30.3 Å². The molecule has 25 heavy (non-hydrogen) atoms. The molecule has 0 saturated heterocycles. The summed E-state index contributed by atoms with van der Waals surface area (Å²) in [6, 6.07) is 11.6. The van der Waals surface area contributed by atoms with Crippen molar-refractivity contribution >= 4 is 5.97 Å². The van der Waals surface area contributed by atoms with Gasteiger partial charge in [-0.2, -0.15) is 15.5 Å². The molecule has 0 aliphatic rings. The molecule has 0 amide bonds. The molecule has 0 bridgehead atoms. The molecule has 0 N–H and O–H groups in total. The van der Waals surface area contributed by atoms with Crippen LogP contribution in [-0.2, 0) is 18.4 Å². The highest BCUT2D eigenvalue weighted by molar-refractivity contribution is 5.90. The molecule has 0 radical (unpaired) electrons. The van der Waals surface area contributed by atoms with Crippen molar-refractivity contribution in [2.75, 3.05) is 0 Å². The lowest BCUT2D eigenvalue weighted by Crippen LogP contribution is -2.10. The number of hydrogen-bond donors (Lipinski definition) is 0.